The molecule has 0 aromatic heterocycles. The summed E-state index contributed by atoms with van der Waals surface area (Å²) in [6.07, 6.45) is -4.40. The minimum absolute atomic E-state index is 0.118. The first-order chi connectivity index (χ1) is 9.40. The second-order valence-corrected chi connectivity index (χ2v) is 5.00. The van der Waals surface area contributed by atoms with Crippen molar-refractivity contribution >= 4 is 15.9 Å². The van der Waals surface area contributed by atoms with Crippen molar-refractivity contribution in [1.29, 1.82) is 0 Å². The lowest BCUT2D eigenvalue weighted by Gasteiger charge is -2.12. The number of alkyl halides is 3. The average molecular weight is 346 g/mol. The SMILES string of the molecule is NCc1ccc(Br)cc1Oc1cccc(C(F)(F)F)c1. The van der Waals surface area contributed by atoms with Crippen LogP contribution in [0.5, 0.6) is 11.5 Å². The van der Waals surface area contributed by atoms with Crippen LogP contribution < -0.4 is 10.5 Å². The molecule has 0 spiro atoms. The molecule has 20 heavy (non-hydrogen) atoms. The summed E-state index contributed by atoms with van der Waals surface area (Å²) < 4.78 is 44.2. The normalized spacial score (nSPS) is 11.4. The van der Waals surface area contributed by atoms with E-state index in [4.69, 9.17) is 10.5 Å². The van der Waals surface area contributed by atoms with Gasteiger partial charge in [0.25, 0.3) is 0 Å². The topological polar surface area (TPSA) is 35.2 Å². The van der Waals surface area contributed by atoms with E-state index in [0.29, 0.717) is 11.3 Å². The van der Waals surface area contributed by atoms with E-state index in [1.165, 1.54) is 12.1 Å². The van der Waals surface area contributed by atoms with Crippen LogP contribution in [0.3, 0.4) is 0 Å². The fourth-order valence-corrected chi connectivity index (χ4v) is 1.99. The van der Waals surface area contributed by atoms with Gasteiger partial charge in [-0.25, -0.2) is 0 Å². The molecule has 2 rings (SSSR count). The zero-order valence-corrected chi connectivity index (χ0v) is 11.8. The molecule has 0 fully saturated rings. The summed E-state index contributed by atoms with van der Waals surface area (Å²) in [4.78, 5) is 0. The first-order valence-electron chi connectivity index (χ1n) is 5.74. The van der Waals surface area contributed by atoms with Gasteiger partial charge in [-0.15, -0.1) is 0 Å². The summed E-state index contributed by atoms with van der Waals surface area (Å²) in [5.74, 6) is 0.550. The summed E-state index contributed by atoms with van der Waals surface area (Å²) in [5.41, 5.74) is 5.54. The molecule has 2 nitrogen and oxygen atoms in total. The van der Waals surface area contributed by atoms with Crippen molar-refractivity contribution in [1.82, 2.24) is 0 Å². The van der Waals surface area contributed by atoms with Crippen molar-refractivity contribution in [3.05, 3.63) is 58.1 Å². The van der Waals surface area contributed by atoms with E-state index in [-0.39, 0.29) is 12.3 Å². The first-order valence-corrected chi connectivity index (χ1v) is 6.53. The minimum atomic E-state index is -4.40. The Morgan fingerprint density at radius 2 is 1.85 bits per heavy atom. The zero-order valence-electron chi connectivity index (χ0n) is 10.2. The minimum Gasteiger partial charge on any atom is -0.457 e. The van der Waals surface area contributed by atoms with Crippen molar-refractivity contribution < 1.29 is 17.9 Å². The lowest BCUT2D eigenvalue weighted by atomic mass is 10.2. The van der Waals surface area contributed by atoms with Crippen LogP contribution in [0.25, 0.3) is 0 Å². The van der Waals surface area contributed by atoms with Crippen molar-refractivity contribution in [3.63, 3.8) is 0 Å². The van der Waals surface area contributed by atoms with Gasteiger partial charge in [0.05, 0.1) is 5.56 Å². The monoisotopic (exact) mass is 345 g/mol. The van der Waals surface area contributed by atoms with Crippen LogP contribution in [0, 0.1) is 0 Å². The van der Waals surface area contributed by atoms with Gasteiger partial charge in [0, 0.05) is 16.6 Å². The summed E-state index contributed by atoms with van der Waals surface area (Å²) in [5, 5.41) is 0. The molecule has 106 valence electrons. The van der Waals surface area contributed by atoms with E-state index in [9.17, 15) is 13.2 Å². The molecule has 0 unspecified atom stereocenters. The molecule has 0 amide bonds. The number of hydrogen-bond acceptors (Lipinski definition) is 2. The third-order valence-corrected chi connectivity index (χ3v) is 3.13. The Kier molecular flexibility index (Phi) is 4.35. The molecule has 0 aliphatic carbocycles. The summed E-state index contributed by atoms with van der Waals surface area (Å²) in [6.45, 7) is 0.238. The lowest BCUT2D eigenvalue weighted by molar-refractivity contribution is -0.137. The molecule has 6 heteroatoms. The number of nitrogens with two attached hydrogens (primary N) is 1. The van der Waals surface area contributed by atoms with Gasteiger partial charge in [0.2, 0.25) is 0 Å². The van der Waals surface area contributed by atoms with E-state index < -0.39 is 11.7 Å². The fourth-order valence-electron chi connectivity index (χ4n) is 1.65. The second-order valence-electron chi connectivity index (χ2n) is 4.08. The molecule has 2 aromatic rings. The maximum atomic E-state index is 12.6. The van der Waals surface area contributed by atoms with E-state index >= 15 is 0 Å². The van der Waals surface area contributed by atoms with Crippen LogP contribution in [0.1, 0.15) is 11.1 Å². The van der Waals surface area contributed by atoms with Gasteiger partial charge in [-0.1, -0.05) is 28.1 Å². The van der Waals surface area contributed by atoms with E-state index in [1.54, 1.807) is 18.2 Å². The molecule has 0 saturated heterocycles. The third-order valence-electron chi connectivity index (χ3n) is 2.64. The Labute approximate surface area is 122 Å². The maximum Gasteiger partial charge on any atom is 0.416 e. The maximum absolute atomic E-state index is 12.6. The van der Waals surface area contributed by atoms with Gasteiger partial charge in [0.15, 0.2) is 0 Å². The van der Waals surface area contributed by atoms with Crippen LogP contribution in [0.4, 0.5) is 13.2 Å². The predicted molar refractivity (Wildman–Crippen MR) is 73.6 cm³/mol. The quantitative estimate of drug-likeness (QED) is 0.873. The molecule has 2 N–H and O–H groups in total. The molecule has 0 aliphatic heterocycles. The highest BCUT2D eigenvalue weighted by molar-refractivity contribution is 9.10. The predicted octanol–water partition coefficient (Wildman–Crippen LogP) is 4.72. The second kappa shape index (κ2) is 5.85. The molecule has 0 atom stereocenters. The number of halogens is 4. The lowest BCUT2D eigenvalue weighted by Crippen LogP contribution is -2.05. The van der Waals surface area contributed by atoms with E-state index in [2.05, 4.69) is 15.9 Å². The molecule has 0 heterocycles. The smallest absolute Gasteiger partial charge is 0.416 e. The number of rotatable bonds is 3. The Hall–Kier alpha value is -1.53. The van der Waals surface area contributed by atoms with E-state index in [1.807, 2.05) is 0 Å². The molecule has 0 aliphatic rings. The van der Waals surface area contributed by atoms with Crippen molar-refractivity contribution in [3.8, 4) is 11.5 Å². The van der Waals surface area contributed by atoms with Gasteiger partial charge in [-0.05, 0) is 30.3 Å². The Balaban J connectivity index is 2.33. The van der Waals surface area contributed by atoms with Crippen LogP contribution in [-0.2, 0) is 12.7 Å². The fraction of sp³-hybridized carbons (Fsp3) is 0.143. The van der Waals surface area contributed by atoms with Crippen LogP contribution in [-0.4, -0.2) is 0 Å². The number of ether oxygens (including phenoxy) is 1. The summed E-state index contributed by atoms with van der Waals surface area (Å²) in [6, 6.07) is 9.95. The Bertz CT molecular complexity index is 614. The van der Waals surface area contributed by atoms with Gasteiger partial charge >= 0.3 is 6.18 Å². The van der Waals surface area contributed by atoms with Gasteiger partial charge < -0.3 is 10.5 Å². The standard InChI is InChI=1S/C14H11BrF3NO/c15-11-5-4-9(8-19)13(7-11)20-12-3-1-2-10(6-12)14(16,17)18/h1-7H,8,19H2. The average Bonchev–Trinajstić information content (AvgIpc) is 2.38. The highest BCUT2D eigenvalue weighted by atomic mass is 79.9. The molecular formula is C14H11BrF3NO. The van der Waals surface area contributed by atoms with Crippen molar-refractivity contribution in [2.45, 2.75) is 12.7 Å². The molecule has 0 bridgehead atoms. The van der Waals surface area contributed by atoms with E-state index in [0.717, 1.165) is 16.6 Å². The summed E-state index contributed by atoms with van der Waals surface area (Å²) >= 11 is 3.28. The highest BCUT2D eigenvalue weighted by Gasteiger charge is 2.30. The largest absolute Gasteiger partial charge is 0.457 e. The van der Waals surface area contributed by atoms with Gasteiger partial charge in [0.1, 0.15) is 11.5 Å². The highest BCUT2D eigenvalue weighted by Crippen LogP contribution is 2.34. The first kappa shape index (κ1) is 14.9. The van der Waals surface area contributed by atoms with Crippen LogP contribution in [0.2, 0.25) is 0 Å². The molecule has 0 radical (unpaired) electrons. The Morgan fingerprint density at radius 3 is 2.50 bits per heavy atom. The van der Waals surface area contributed by atoms with Gasteiger partial charge in [-0.3, -0.25) is 0 Å². The van der Waals surface area contributed by atoms with Crippen molar-refractivity contribution in [2.24, 2.45) is 5.73 Å². The molecular weight excluding hydrogens is 335 g/mol. The third kappa shape index (κ3) is 3.52. The number of benzene rings is 2. The number of hydrogen-bond donors (Lipinski definition) is 1. The Morgan fingerprint density at radius 1 is 1.10 bits per heavy atom. The van der Waals surface area contributed by atoms with Crippen LogP contribution in [0.15, 0.2) is 46.9 Å². The van der Waals surface area contributed by atoms with Gasteiger partial charge in [-0.2, -0.15) is 13.2 Å². The summed E-state index contributed by atoms with van der Waals surface area (Å²) in [7, 11) is 0. The van der Waals surface area contributed by atoms with Crippen LogP contribution >= 0.6 is 15.9 Å². The molecule has 2 aromatic carbocycles. The zero-order chi connectivity index (χ0) is 14.8. The molecule has 0 saturated carbocycles. The van der Waals surface area contributed by atoms with Crippen molar-refractivity contribution in [2.75, 3.05) is 0 Å².